The molecule has 1 N–H and O–H groups in total. The third-order valence-electron chi connectivity index (χ3n) is 4.25. The van der Waals surface area contributed by atoms with Gasteiger partial charge in [0.05, 0.1) is 5.60 Å². The SMILES string of the molecule is OC1(CC2CC2)CCCN(Cc2ccccc2)C1. The van der Waals surface area contributed by atoms with Gasteiger partial charge in [-0.3, -0.25) is 4.90 Å². The van der Waals surface area contributed by atoms with E-state index in [1.807, 2.05) is 0 Å². The first-order valence-electron chi connectivity index (χ1n) is 7.22. The minimum absolute atomic E-state index is 0.409. The maximum absolute atomic E-state index is 10.7. The van der Waals surface area contributed by atoms with Gasteiger partial charge in [-0.15, -0.1) is 0 Å². The molecule has 1 unspecified atom stereocenters. The lowest BCUT2D eigenvalue weighted by Gasteiger charge is -2.39. The largest absolute Gasteiger partial charge is 0.389 e. The van der Waals surface area contributed by atoms with Gasteiger partial charge >= 0.3 is 0 Å². The van der Waals surface area contributed by atoms with Crippen LogP contribution in [-0.4, -0.2) is 28.7 Å². The van der Waals surface area contributed by atoms with Gasteiger partial charge in [-0.25, -0.2) is 0 Å². The number of benzene rings is 1. The second-order valence-corrected chi connectivity index (χ2v) is 6.17. The number of nitrogens with zero attached hydrogens (tertiary/aromatic N) is 1. The smallest absolute Gasteiger partial charge is 0.0777 e. The zero-order valence-corrected chi connectivity index (χ0v) is 11.0. The molecule has 98 valence electrons. The summed E-state index contributed by atoms with van der Waals surface area (Å²) < 4.78 is 0. The maximum Gasteiger partial charge on any atom is 0.0777 e. The van der Waals surface area contributed by atoms with Crippen molar-refractivity contribution >= 4 is 0 Å². The molecule has 2 aliphatic rings. The Bertz CT molecular complexity index is 387. The van der Waals surface area contributed by atoms with Crippen molar-refractivity contribution in [1.29, 1.82) is 0 Å². The quantitative estimate of drug-likeness (QED) is 0.881. The molecule has 0 spiro atoms. The molecular weight excluding hydrogens is 222 g/mol. The van der Waals surface area contributed by atoms with E-state index in [1.54, 1.807) is 0 Å². The summed E-state index contributed by atoms with van der Waals surface area (Å²) >= 11 is 0. The average Bonchev–Trinajstić information content (AvgIpc) is 3.13. The Kier molecular flexibility index (Phi) is 3.40. The number of likely N-dealkylation sites (tertiary alicyclic amines) is 1. The van der Waals surface area contributed by atoms with Crippen LogP contribution in [0.4, 0.5) is 0 Å². The molecule has 2 fully saturated rings. The van der Waals surface area contributed by atoms with E-state index in [1.165, 1.54) is 18.4 Å². The van der Waals surface area contributed by atoms with Gasteiger partial charge in [0.2, 0.25) is 0 Å². The highest BCUT2D eigenvalue weighted by Gasteiger charge is 2.38. The topological polar surface area (TPSA) is 23.5 Å². The Balaban J connectivity index is 1.59. The summed E-state index contributed by atoms with van der Waals surface area (Å²) in [5.41, 5.74) is 0.946. The third kappa shape index (κ3) is 3.12. The molecule has 0 amide bonds. The Morgan fingerprint density at radius 2 is 2.00 bits per heavy atom. The van der Waals surface area contributed by atoms with Crippen molar-refractivity contribution in [2.45, 2.75) is 44.2 Å². The average molecular weight is 245 g/mol. The van der Waals surface area contributed by atoms with Crippen molar-refractivity contribution < 1.29 is 5.11 Å². The zero-order valence-electron chi connectivity index (χ0n) is 11.0. The van der Waals surface area contributed by atoms with Gasteiger partial charge in [0.15, 0.2) is 0 Å². The van der Waals surface area contributed by atoms with Gasteiger partial charge in [-0.1, -0.05) is 43.2 Å². The molecule has 1 saturated carbocycles. The molecule has 18 heavy (non-hydrogen) atoms. The van der Waals surface area contributed by atoms with E-state index < -0.39 is 5.60 Å². The lowest BCUT2D eigenvalue weighted by Crippen LogP contribution is -2.47. The summed E-state index contributed by atoms with van der Waals surface area (Å²) in [6.07, 6.45) is 5.82. The maximum atomic E-state index is 10.7. The van der Waals surface area contributed by atoms with E-state index >= 15 is 0 Å². The van der Waals surface area contributed by atoms with E-state index in [2.05, 4.69) is 35.2 Å². The van der Waals surface area contributed by atoms with Gasteiger partial charge in [0.1, 0.15) is 0 Å². The van der Waals surface area contributed by atoms with E-state index in [-0.39, 0.29) is 0 Å². The van der Waals surface area contributed by atoms with E-state index in [4.69, 9.17) is 0 Å². The Labute approximate surface area is 110 Å². The second kappa shape index (κ2) is 5.02. The summed E-state index contributed by atoms with van der Waals surface area (Å²) in [7, 11) is 0. The van der Waals surface area contributed by atoms with Gasteiger partial charge in [0.25, 0.3) is 0 Å². The first-order chi connectivity index (χ1) is 8.73. The summed E-state index contributed by atoms with van der Waals surface area (Å²) in [5.74, 6) is 0.812. The normalized spacial score (nSPS) is 29.4. The van der Waals surface area contributed by atoms with Crippen LogP contribution in [0.5, 0.6) is 0 Å². The van der Waals surface area contributed by atoms with Gasteiger partial charge < -0.3 is 5.11 Å². The molecule has 2 heteroatoms. The Morgan fingerprint density at radius 1 is 1.22 bits per heavy atom. The van der Waals surface area contributed by atoms with Crippen molar-refractivity contribution in [3.63, 3.8) is 0 Å². The fraction of sp³-hybridized carbons (Fsp3) is 0.625. The number of hydrogen-bond acceptors (Lipinski definition) is 2. The highest BCUT2D eigenvalue weighted by Crippen LogP contribution is 2.39. The van der Waals surface area contributed by atoms with Crippen LogP contribution in [0.3, 0.4) is 0 Å². The van der Waals surface area contributed by atoms with Crippen molar-refractivity contribution in [2.75, 3.05) is 13.1 Å². The van der Waals surface area contributed by atoms with Crippen molar-refractivity contribution in [3.8, 4) is 0 Å². The molecule has 1 aromatic rings. The molecule has 1 heterocycles. The molecule has 1 atom stereocenters. The van der Waals surface area contributed by atoms with E-state index in [0.717, 1.165) is 44.8 Å². The fourth-order valence-corrected chi connectivity index (χ4v) is 3.21. The number of hydrogen-bond donors (Lipinski definition) is 1. The van der Waals surface area contributed by atoms with E-state index in [0.29, 0.717) is 0 Å². The predicted octanol–water partition coefficient (Wildman–Crippen LogP) is 2.81. The highest BCUT2D eigenvalue weighted by atomic mass is 16.3. The molecule has 1 aromatic carbocycles. The number of aliphatic hydroxyl groups is 1. The van der Waals surface area contributed by atoms with Crippen LogP contribution >= 0.6 is 0 Å². The van der Waals surface area contributed by atoms with Gasteiger partial charge in [-0.2, -0.15) is 0 Å². The van der Waals surface area contributed by atoms with Crippen LogP contribution < -0.4 is 0 Å². The van der Waals surface area contributed by atoms with Crippen LogP contribution in [0.25, 0.3) is 0 Å². The zero-order chi connectivity index (χ0) is 12.4. The summed E-state index contributed by atoms with van der Waals surface area (Å²) in [6.45, 7) is 2.97. The first kappa shape index (κ1) is 12.2. The third-order valence-corrected chi connectivity index (χ3v) is 4.25. The Hall–Kier alpha value is -0.860. The highest BCUT2D eigenvalue weighted by molar-refractivity contribution is 5.14. The molecule has 1 aliphatic carbocycles. The van der Waals surface area contributed by atoms with Crippen LogP contribution in [0.1, 0.15) is 37.7 Å². The first-order valence-corrected chi connectivity index (χ1v) is 7.22. The predicted molar refractivity (Wildman–Crippen MR) is 73.2 cm³/mol. The van der Waals surface area contributed by atoms with Crippen molar-refractivity contribution in [1.82, 2.24) is 4.90 Å². The molecular formula is C16H23NO. The summed E-state index contributed by atoms with van der Waals surface area (Å²) in [4.78, 5) is 2.42. The van der Waals surface area contributed by atoms with Crippen LogP contribution in [0.15, 0.2) is 30.3 Å². The number of rotatable bonds is 4. The Morgan fingerprint density at radius 3 is 2.72 bits per heavy atom. The molecule has 1 aliphatic heterocycles. The van der Waals surface area contributed by atoms with Crippen LogP contribution in [0, 0.1) is 5.92 Å². The second-order valence-electron chi connectivity index (χ2n) is 6.17. The molecule has 3 rings (SSSR count). The monoisotopic (exact) mass is 245 g/mol. The standard InChI is InChI=1S/C16H23NO/c18-16(11-14-7-8-14)9-4-10-17(13-16)12-15-5-2-1-3-6-15/h1-3,5-6,14,18H,4,7-13H2. The lowest BCUT2D eigenvalue weighted by molar-refractivity contribution is -0.0430. The van der Waals surface area contributed by atoms with Gasteiger partial charge in [-0.05, 0) is 37.3 Å². The minimum atomic E-state index is -0.409. The van der Waals surface area contributed by atoms with E-state index in [9.17, 15) is 5.11 Å². The molecule has 0 radical (unpaired) electrons. The molecule has 0 bridgehead atoms. The van der Waals surface area contributed by atoms with Crippen molar-refractivity contribution in [3.05, 3.63) is 35.9 Å². The summed E-state index contributed by atoms with van der Waals surface area (Å²) in [6, 6.07) is 10.6. The lowest BCUT2D eigenvalue weighted by atomic mass is 9.87. The van der Waals surface area contributed by atoms with Crippen LogP contribution in [0.2, 0.25) is 0 Å². The number of piperidine rings is 1. The minimum Gasteiger partial charge on any atom is -0.389 e. The summed E-state index contributed by atoms with van der Waals surface area (Å²) in [5, 5.41) is 10.7. The van der Waals surface area contributed by atoms with Crippen LogP contribution in [-0.2, 0) is 6.54 Å². The molecule has 0 aromatic heterocycles. The van der Waals surface area contributed by atoms with Gasteiger partial charge in [0, 0.05) is 13.1 Å². The molecule has 2 nitrogen and oxygen atoms in total. The van der Waals surface area contributed by atoms with Crippen molar-refractivity contribution in [2.24, 2.45) is 5.92 Å². The molecule has 1 saturated heterocycles. The fourth-order valence-electron chi connectivity index (χ4n) is 3.21. The number of β-amino-alcohol motifs (C(OH)–C–C–N with tert-alkyl or cyclic N) is 1.